The fourth-order valence-electron chi connectivity index (χ4n) is 3.77. The molecule has 3 N–H and O–H groups in total. The number of pyridine rings is 1. The SMILES string of the molecule is Cc1ccc(C2CC(C(=O)N(Cc3ccccn3)C[C@@H]3CCC(=O)N3)NN2)s1. The summed E-state index contributed by atoms with van der Waals surface area (Å²) < 4.78 is 0. The van der Waals surface area contributed by atoms with Crippen molar-refractivity contribution >= 4 is 23.2 Å². The van der Waals surface area contributed by atoms with Crippen LogP contribution in [0.2, 0.25) is 0 Å². The van der Waals surface area contributed by atoms with E-state index < -0.39 is 0 Å². The lowest BCUT2D eigenvalue weighted by atomic mass is 10.1. The monoisotopic (exact) mass is 399 g/mol. The molecule has 2 aromatic rings. The van der Waals surface area contributed by atoms with Gasteiger partial charge in [0.05, 0.1) is 18.3 Å². The Bertz CT molecular complexity index is 840. The molecule has 0 spiro atoms. The number of thiophene rings is 1. The number of nitrogens with one attached hydrogen (secondary N) is 3. The molecule has 0 bridgehead atoms. The maximum absolute atomic E-state index is 13.3. The van der Waals surface area contributed by atoms with Crippen molar-refractivity contribution in [2.24, 2.45) is 0 Å². The van der Waals surface area contributed by atoms with Crippen LogP contribution in [0.25, 0.3) is 0 Å². The number of carbonyl (C=O) groups excluding carboxylic acids is 2. The number of carbonyl (C=O) groups is 2. The van der Waals surface area contributed by atoms with Gasteiger partial charge in [-0.1, -0.05) is 6.07 Å². The Morgan fingerprint density at radius 1 is 1.29 bits per heavy atom. The van der Waals surface area contributed by atoms with E-state index in [1.807, 2.05) is 23.1 Å². The molecule has 2 saturated heterocycles. The van der Waals surface area contributed by atoms with Crippen LogP contribution in [0.1, 0.15) is 40.8 Å². The number of nitrogens with zero attached hydrogens (tertiary/aromatic N) is 2. The summed E-state index contributed by atoms with van der Waals surface area (Å²) in [5.41, 5.74) is 7.28. The van der Waals surface area contributed by atoms with E-state index in [0.717, 1.165) is 12.1 Å². The summed E-state index contributed by atoms with van der Waals surface area (Å²) in [6, 6.07) is 9.77. The van der Waals surface area contributed by atoms with Crippen LogP contribution in [0.5, 0.6) is 0 Å². The van der Waals surface area contributed by atoms with Gasteiger partial charge in [0.1, 0.15) is 6.04 Å². The summed E-state index contributed by atoms with van der Waals surface area (Å²) in [6.45, 7) is 3.03. The van der Waals surface area contributed by atoms with Crippen molar-refractivity contribution in [1.82, 2.24) is 26.1 Å². The van der Waals surface area contributed by atoms with Crippen molar-refractivity contribution in [3.63, 3.8) is 0 Å². The van der Waals surface area contributed by atoms with Crippen molar-refractivity contribution in [2.45, 2.75) is 50.9 Å². The zero-order chi connectivity index (χ0) is 19.5. The molecule has 2 amide bonds. The van der Waals surface area contributed by atoms with Gasteiger partial charge in [0, 0.05) is 35.0 Å². The van der Waals surface area contributed by atoms with E-state index in [-0.39, 0.29) is 29.9 Å². The van der Waals surface area contributed by atoms with Crippen molar-refractivity contribution in [3.8, 4) is 0 Å². The van der Waals surface area contributed by atoms with Crippen molar-refractivity contribution in [1.29, 1.82) is 0 Å². The normalized spacial score (nSPS) is 24.3. The predicted molar refractivity (Wildman–Crippen MR) is 107 cm³/mol. The maximum atomic E-state index is 13.3. The third-order valence-electron chi connectivity index (χ3n) is 5.22. The fraction of sp³-hybridized carbons (Fsp3) is 0.450. The summed E-state index contributed by atoms with van der Waals surface area (Å²) in [4.78, 5) is 33.5. The van der Waals surface area contributed by atoms with E-state index >= 15 is 0 Å². The van der Waals surface area contributed by atoms with Gasteiger partial charge in [0.2, 0.25) is 11.8 Å². The number of hydrazine groups is 1. The van der Waals surface area contributed by atoms with Crippen LogP contribution < -0.4 is 16.2 Å². The summed E-state index contributed by atoms with van der Waals surface area (Å²) in [5.74, 6) is 0.0964. The molecule has 8 heteroatoms. The van der Waals surface area contributed by atoms with E-state index in [2.05, 4.69) is 40.2 Å². The van der Waals surface area contributed by atoms with Gasteiger partial charge < -0.3 is 10.2 Å². The molecule has 0 radical (unpaired) electrons. The molecule has 0 aliphatic carbocycles. The molecule has 148 valence electrons. The summed E-state index contributed by atoms with van der Waals surface area (Å²) in [5, 5.41) is 2.97. The first-order chi connectivity index (χ1) is 13.6. The minimum Gasteiger partial charge on any atom is -0.352 e. The molecular weight excluding hydrogens is 374 g/mol. The zero-order valence-corrected chi connectivity index (χ0v) is 16.7. The first-order valence-electron chi connectivity index (χ1n) is 9.64. The average molecular weight is 400 g/mol. The Balaban J connectivity index is 1.45. The summed E-state index contributed by atoms with van der Waals surface area (Å²) in [7, 11) is 0. The molecule has 0 aromatic carbocycles. The van der Waals surface area contributed by atoms with Gasteiger partial charge in [-0.25, -0.2) is 10.9 Å². The lowest BCUT2D eigenvalue weighted by Gasteiger charge is -2.28. The Kier molecular flexibility index (Phi) is 5.70. The second kappa shape index (κ2) is 8.38. The minimum atomic E-state index is -0.298. The van der Waals surface area contributed by atoms with Crippen molar-refractivity contribution in [3.05, 3.63) is 52.0 Å². The Morgan fingerprint density at radius 3 is 2.86 bits per heavy atom. The maximum Gasteiger partial charge on any atom is 0.241 e. The number of hydrogen-bond donors (Lipinski definition) is 3. The van der Waals surface area contributed by atoms with E-state index in [1.165, 1.54) is 9.75 Å². The highest BCUT2D eigenvalue weighted by Crippen LogP contribution is 2.29. The van der Waals surface area contributed by atoms with Crippen LogP contribution in [0.15, 0.2) is 36.5 Å². The third kappa shape index (κ3) is 4.40. The number of amides is 2. The molecule has 2 aromatic heterocycles. The molecule has 2 aliphatic rings. The quantitative estimate of drug-likeness (QED) is 0.688. The first-order valence-corrected chi connectivity index (χ1v) is 10.5. The van der Waals surface area contributed by atoms with E-state index in [4.69, 9.17) is 0 Å². The summed E-state index contributed by atoms with van der Waals surface area (Å²) in [6.07, 6.45) is 3.73. The van der Waals surface area contributed by atoms with Gasteiger partial charge in [-0.15, -0.1) is 11.3 Å². The molecule has 3 atom stereocenters. The molecule has 4 heterocycles. The van der Waals surface area contributed by atoms with Crippen LogP contribution in [-0.4, -0.2) is 40.3 Å². The molecule has 2 unspecified atom stereocenters. The van der Waals surface area contributed by atoms with Crippen LogP contribution >= 0.6 is 11.3 Å². The van der Waals surface area contributed by atoms with E-state index in [9.17, 15) is 9.59 Å². The number of rotatable bonds is 6. The fourth-order valence-corrected chi connectivity index (χ4v) is 4.71. The Morgan fingerprint density at radius 2 is 2.18 bits per heavy atom. The first kappa shape index (κ1) is 19.0. The topological polar surface area (TPSA) is 86.4 Å². The van der Waals surface area contributed by atoms with Crippen LogP contribution in [-0.2, 0) is 16.1 Å². The standard InChI is InChI=1S/C20H25N5O2S/c1-13-5-7-18(28-13)16-10-17(24-23-16)20(27)25(11-14-4-2-3-9-21-14)12-15-6-8-19(26)22-15/h2-5,7,9,15-17,23-24H,6,8,10-12H2,1H3,(H,22,26)/t15-,16?,17?/m0/s1. The zero-order valence-electron chi connectivity index (χ0n) is 15.9. The minimum absolute atomic E-state index is 0.00488. The molecule has 7 nitrogen and oxygen atoms in total. The molecule has 28 heavy (non-hydrogen) atoms. The van der Waals surface area contributed by atoms with Gasteiger partial charge in [-0.2, -0.15) is 0 Å². The van der Waals surface area contributed by atoms with Gasteiger partial charge in [-0.05, 0) is 44.0 Å². The Hall–Kier alpha value is -2.29. The van der Waals surface area contributed by atoms with E-state index in [0.29, 0.717) is 25.9 Å². The lowest BCUT2D eigenvalue weighted by Crippen LogP contribution is -2.49. The van der Waals surface area contributed by atoms with Gasteiger partial charge in [0.15, 0.2) is 0 Å². The van der Waals surface area contributed by atoms with Gasteiger partial charge in [-0.3, -0.25) is 14.6 Å². The highest BCUT2D eigenvalue weighted by molar-refractivity contribution is 7.12. The highest BCUT2D eigenvalue weighted by atomic mass is 32.1. The molecule has 0 saturated carbocycles. The smallest absolute Gasteiger partial charge is 0.241 e. The third-order valence-corrected chi connectivity index (χ3v) is 6.34. The number of hydrogen-bond acceptors (Lipinski definition) is 6. The van der Waals surface area contributed by atoms with E-state index in [1.54, 1.807) is 17.5 Å². The largest absolute Gasteiger partial charge is 0.352 e. The van der Waals surface area contributed by atoms with Gasteiger partial charge in [0.25, 0.3) is 0 Å². The Labute approximate surface area is 168 Å². The number of aromatic nitrogens is 1. The summed E-state index contributed by atoms with van der Waals surface area (Å²) >= 11 is 1.75. The van der Waals surface area contributed by atoms with Crippen molar-refractivity contribution in [2.75, 3.05) is 6.54 Å². The average Bonchev–Trinajstić information content (AvgIpc) is 3.43. The molecule has 2 aliphatic heterocycles. The molecule has 4 rings (SSSR count). The lowest BCUT2D eigenvalue weighted by molar-refractivity contribution is -0.134. The second-order valence-electron chi connectivity index (χ2n) is 7.42. The number of aryl methyl sites for hydroxylation is 1. The molecule has 2 fully saturated rings. The second-order valence-corrected chi connectivity index (χ2v) is 8.74. The van der Waals surface area contributed by atoms with Gasteiger partial charge >= 0.3 is 0 Å². The predicted octanol–water partition coefficient (Wildman–Crippen LogP) is 1.67. The van der Waals surface area contributed by atoms with Crippen LogP contribution in [0, 0.1) is 6.92 Å². The van der Waals surface area contributed by atoms with Crippen molar-refractivity contribution < 1.29 is 9.59 Å². The van der Waals surface area contributed by atoms with Crippen LogP contribution in [0.3, 0.4) is 0 Å². The highest BCUT2D eigenvalue weighted by Gasteiger charge is 2.35. The van der Waals surface area contributed by atoms with Crippen LogP contribution in [0.4, 0.5) is 0 Å². The molecular formula is C20H25N5O2S.